The van der Waals surface area contributed by atoms with Crippen LogP contribution in [0.5, 0.6) is 11.5 Å². The molecular weight excluding hydrogens is 500 g/mol. The summed E-state index contributed by atoms with van der Waals surface area (Å²) >= 11 is 0. The summed E-state index contributed by atoms with van der Waals surface area (Å²) < 4.78 is 11.2. The topological polar surface area (TPSA) is 19.1 Å². The Bertz CT molecular complexity index is 2290. The number of ether oxygens (including phenoxy) is 1. The summed E-state index contributed by atoms with van der Waals surface area (Å²) in [4.78, 5) is 0. The number of fused-ring (bicyclic) bond motifs is 8. The Labute approximate surface area is 237 Å². The molecule has 0 amide bonds. The largest absolute Gasteiger partial charge is 0.453 e. The summed E-state index contributed by atoms with van der Waals surface area (Å²) in [6.07, 6.45) is 0. The van der Waals surface area contributed by atoms with E-state index in [0.717, 1.165) is 28.4 Å². The molecular formula is C38H26N2O. The van der Waals surface area contributed by atoms with Crippen molar-refractivity contribution >= 4 is 43.6 Å². The van der Waals surface area contributed by atoms with Crippen molar-refractivity contribution < 1.29 is 4.74 Å². The molecule has 0 saturated heterocycles. The Morgan fingerprint density at radius 1 is 0.512 bits per heavy atom. The smallest absolute Gasteiger partial charge is 0.152 e. The van der Waals surface area contributed by atoms with Gasteiger partial charge in [0.15, 0.2) is 11.5 Å². The first-order valence-corrected chi connectivity index (χ1v) is 14.1. The number of aryl methyl sites for hydroxylation is 2. The van der Waals surface area contributed by atoms with Crippen molar-refractivity contribution in [2.24, 2.45) is 0 Å². The number of aromatic nitrogens is 2. The van der Waals surface area contributed by atoms with E-state index in [0.29, 0.717) is 0 Å². The van der Waals surface area contributed by atoms with Crippen LogP contribution in [-0.4, -0.2) is 9.13 Å². The maximum absolute atomic E-state index is 6.41. The Morgan fingerprint density at radius 2 is 1.17 bits per heavy atom. The van der Waals surface area contributed by atoms with Gasteiger partial charge in [0.05, 0.1) is 27.8 Å². The highest BCUT2D eigenvalue weighted by Crippen LogP contribution is 2.48. The number of rotatable bonds is 2. The Morgan fingerprint density at radius 3 is 1.93 bits per heavy atom. The van der Waals surface area contributed by atoms with Gasteiger partial charge in [-0.3, -0.25) is 0 Å². The second-order valence-corrected chi connectivity index (χ2v) is 11.2. The summed E-state index contributed by atoms with van der Waals surface area (Å²) in [5.74, 6) is 1.78. The molecule has 3 heteroatoms. The molecule has 0 bridgehead atoms. The van der Waals surface area contributed by atoms with Gasteiger partial charge in [0.2, 0.25) is 0 Å². The molecule has 1 aliphatic heterocycles. The minimum atomic E-state index is 0.885. The van der Waals surface area contributed by atoms with Gasteiger partial charge < -0.3 is 13.9 Å². The van der Waals surface area contributed by atoms with E-state index in [2.05, 4.69) is 132 Å². The first-order chi connectivity index (χ1) is 20.2. The van der Waals surface area contributed by atoms with Crippen molar-refractivity contribution in [2.75, 3.05) is 0 Å². The molecule has 0 spiro atoms. The third kappa shape index (κ3) is 3.09. The standard InChI is InChI=1S/C38H26N2O/c1-23-11-18-32-29(21-23)30-22-24(2)12-19-33(30)39(32)26-15-13-25(14-16-26)27-17-20-36-38-37(27)28-7-3-4-8-31(28)40(38)34-9-5-6-10-35(34)41-36/h3-22H,1-2H3. The summed E-state index contributed by atoms with van der Waals surface area (Å²) in [7, 11) is 0. The van der Waals surface area contributed by atoms with Gasteiger partial charge >= 0.3 is 0 Å². The highest BCUT2D eigenvalue weighted by atomic mass is 16.5. The van der Waals surface area contributed by atoms with Crippen LogP contribution >= 0.6 is 0 Å². The van der Waals surface area contributed by atoms with Crippen molar-refractivity contribution in [1.82, 2.24) is 9.13 Å². The molecule has 8 aromatic rings. The number of benzene rings is 6. The molecule has 0 aliphatic carbocycles. The van der Waals surface area contributed by atoms with Gasteiger partial charge in [0, 0.05) is 27.2 Å². The van der Waals surface area contributed by atoms with Gasteiger partial charge in [-0.2, -0.15) is 0 Å². The van der Waals surface area contributed by atoms with Crippen LogP contribution in [0, 0.1) is 13.8 Å². The molecule has 41 heavy (non-hydrogen) atoms. The van der Waals surface area contributed by atoms with E-state index in [-0.39, 0.29) is 0 Å². The predicted molar refractivity (Wildman–Crippen MR) is 170 cm³/mol. The molecule has 3 nitrogen and oxygen atoms in total. The van der Waals surface area contributed by atoms with Crippen LogP contribution in [0.3, 0.4) is 0 Å². The fraction of sp³-hybridized carbons (Fsp3) is 0.0526. The van der Waals surface area contributed by atoms with Crippen molar-refractivity contribution in [1.29, 1.82) is 0 Å². The molecule has 1 aliphatic rings. The lowest BCUT2D eigenvalue weighted by Crippen LogP contribution is -2.03. The first-order valence-electron chi connectivity index (χ1n) is 14.1. The maximum atomic E-state index is 6.41. The van der Waals surface area contributed by atoms with Gasteiger partial charge in [-0.15, -0.1) is 0 Å². The summed E-state index contributed by atoms with van der Waals surface area (Å²) in [5, 5.41) is 5.06. The molecule has 0 saturated carbocycles. The van der Waals surface area contributed by atoms with Gasteiger partial charge in [-0.05, 0) is 91.7 Å². The highest BCUT2D eigenvalue weighted by Gasteiger charge is 2.25. The van der Waals surface area contributed by atoms with Crippen LogP contribution in [0.25, 0.3) is 66.1 Å². The fourth-order valence-electron chi connectivity index (χ4n) is 6.81. The number of hydrogen-bond acceptors (Lipinski definition) is 1. The fourth-order valence-corrected chi connectivity index (χ4v) is 6.81. The minimum Gasteiger partial charge on any atom is -0.453 e. The van der Waals surface area contributed by atoms with Gasteiger partial charge in [-0.25, -0.2) is 0 Å². The van der Waals surface area contributed by atoms with Gasteiger partial charge in [-0.1, -0.05) is 65.7 Å². The first kappa shape index (κ1) is 22.5. The van der Waals surface area contributed by atoms with Crippen molar-refractivity contribution in [2.45, 2.75) is 13.8 Å². The van der Waals surface area contributed by atoms with E-state index in [1.165, 1.54) is 60.3 Å². The Kier molecular flexibility index (Phi) is 4.46. The number of nitrogens with zero attached hydrogens (tertiary/aromatic N) is 2. The van der Waals surface area contributed by atoms with E-state index in [1.54, 1.807) is 0 Å². The molecule has 9 rings (SSSR count). The number of hydrogen-bond donors (Lipinski definition) is 0. The average molecular weight is 527 g/mol. The molecule has 0 N–H and O–H groups in total. The Hall–Kier alpha value is -5.28. The molecule has 3 heterocycles. The van der Waals surface area contributed by atoms with Crippen LogP contribution in [0.1, 0.15) is 11.1 Å². The molecule has 0 radical (unpaired) electrons. The predicted octanol–water partition coefficient (Wildman–Crippen LogP) is 10.3. The van der Waals surface area contributed by atoms with E-state index < -0.39 is 0 Å². The molecule has 0 atom stereocenters. The quantitative estimate of drug-likeness (QED) is 0.219. The molecule has 2 aromatic heterocycles. The second kappa shape index (κ2) is 8.12. The van der Waals surface area contributed by atoms with Crippen molar-refractivity contribution in [3.8, 4) is 34.0 Å². The molecule has 6 aromatic carbocycles. The van der Waals surface area contributed by atoms with Gasteiger partial charge in [0.1, 0.15) is 0 Å². The zero-order chi connectivity index (χ0) is 27.2. The minimum absolute atomic E-state index is 0.885. The normalized spacial score (nSPS) is 12.3. The van der Waals surface area contributed by atoms with E-state index in [9.17, 15) is 0 Å². The van der Waals surface area contributed by atoms with E-state index in [4.69, 9.17) is 4.74 Å². The molecule has 0 fully saturated rings. The van der Waals surface area contributed by atoms with Crippen LogP contribution < -0.4 is 4.74 Å². The molecule has 194 valence electrons. The van der Waals surface area contributed by atoms with Gasteiger partial charge in [0.25, 0.3) is 0 Å². The third-order valence-electron chi connectivity index (χ3n) is 8.62. The SMILES string of the molecule is Cc1ccc2c(c1)c1cc(C)ccc1n2-c1ccc(-c2ccc3c4c2c2ccccc2n4-c2ccccc2O3)cc1. The van der Waals surface area contributed by atoms with Crippen LogP contribution in [-0.2, 0) is 0 Å². The van der Waals surface area contributed by atoms with Crippen LogP contribution in [0.4, 0.5) is 0 Å². The maximum Gasteiger partial charge on any atom is 0.152 e. The van der Waals surface area contributed by atoms with E-state index >= 15 is 0 Å². The Balaban J connectivity index is 1.27. The lowest BCUT2D eigenvalue weighted by atomic mass is 9.98. The van der Waals surface area contributed by atoms with Crippen molar-refractivity contribution in [3.05, 3.63) is 132 Å². The molecule has 0 unspecified atom stereocenters. The summed E-state index contributed by atoms with van der Waals surface area (Å²) in [6.45, 7) is 4.33. The lowest BCUT2D eigenvalue weighted by Gasteiger charge is -2.21. The highest BCUT2D eigenvalue weighted by molar-refractivity contribution is 6.18. The zero-order valence-corrected chi connectivity index (χ0v) is 22.8. The summed E-state index contributed by atoms with van der Waals surface area (Å²) in [6, 6.07) is 43.9. The van der Waals surface area contributed by atoms with E-state index in [1.807, 2.05) is 12.1 Å². The van der Waals surface area contributed by atoms with Crippen LogP contribution in [0.2, 0.25) is 0 Å². The monoisotopic (exact) mass is 526 g/mol. The number of para-hydroxylation sites is 3. The zero-order valence-electron chi connectivity index (χ0n) is 22.8. The van der Waals surface area contributed by atoms with Crippen molar-refractivity contribution in [3.63, 3.8) is 0 Å². The average Bonchev–Trinajstić information content (AvgIpc) is 3.52. The summed E-state index contributed by atoms with van der Waals surface area (Å²) in [5.41, 5.74) is 12.0. The van der Waals surface area contributed by atoms with Crippen LogP contribution in [0.15, 0.2) is 121 Å². The third-order valence-corrected chi connectivity index (χ3v) is 8.62. The second-order valence-electron chi connectivity index (χ2n) is 11.2. The lowest BCUT2D eigenvalue weighted by molar-refractivity contribution is 0.476.